The molecule has 0 nitrogen and oxygen atoms in total. The molecule has 0 aliphatic rings. The van der Waals surface area contributed by atoms with Crippen molar-refractivity contribution < 1.29 is 0 Å². The van der Waals surface area contributed by atoms with Crippen molar-refractivity contribution in [1.82, 2.24) is 0 Å². The lowest BCUT2D eigenvalue weighted by Gasteiger charge is -2.13. The van der Waals surface area contributed by atoms with Gasteiger partial charge in [0.1, 0.15) is 0 Å². The molecule has 1 atom stereocenters. The minimum atomic E-state index is -0.0183. The molecule has 3 heteroatoms. The molecule has 0 amide bonds. The predicted molar refractivity (Wildman–Crippen MR) is 87.6 cm³/mol. The Kier molecular flexibility index (Phi) is 4.93. The topological polar surface area (TPSA) is 0 Å². The zero-order valence-electron chi connectivity index (χ0n) is 9.96. The van der Waals surface area contributed by atoms with Crippen molar-refractivity contribution in [1.29, 1.82) is 0 Å². The molecular weight excluding hydrogens is 378 g/mol. The zero-order valence-corrected chi connectivity index (χ0v) is 13.6. The van der Waals surface area contributed by atoms with E-state index in [0.29, 0.717) is 0 Å². The Morgan fingerprint density at radius 2 is 1.89 bits per heavy atom. The number of benzene rings is 2. The van der Waals surface area contributed by atoms with E-state index in [2.05, 4.69) is 53.8 Å². The van der Waals surface area contributed by atoms with Crippen molar-refractivity contribution in [3.63, 3.8) is 0 Å². The van der Waals surface area contributed by atoms with Gasteiger partial charge < -0.3 is 0 Å². The fourth-order valence-electron chi connectivity index (χ4n) is 1.89. The number of alkyl halides is 1. The molecule has 2 aromatic carbocycles. The molecule has 0 aromatic heterocycles. The van der Waals surface area contributed by atoms with Crippen LogP contribution in [0.15, 0.2) is 42.5 Å². The molecular formula is C15H13Cl2I. The van der Waals surface area contributed by atoms with Crippen LogP contribution in [0.4, 0.5) is 0 Å². The van der Waals surface area contributed by atoms with Crippen molar-refractivity contribution in [3.05, 3.63) is 67.7 Å². The van der Waals surface area contributed by atoms with Crippen molar-refractivity contribution >= 4 is 45.8 Å². The average molecular weight is 391 g/mol. The Balaban J connectivity index is 2.22. The second kappa shape index (κ2) is 6.27. The molecule has 0 heterocycles. The summed E-state index contributed by atoms with van der Waals surface area (Å²) in [6.45, 7) is 2.11. The molecule has 0 N–H and O–H groups in total. The number of aryl methyl sites for hydroxylation is 1. The van der Waals surface area contributed by atoms with Gasteiger partial charge in [0, 0.05) is 8.59 Å². The molecule has 0 aliphatic carbocycles. The lowest BCUT2D eigenvalue weighted by molar-refractivity contribution is 0.911. The first-order chi connectivity index (χ1) is 8.58. The molecule has 0 saturated heterocycles. The number of hydrogen-bond acceptors (Lipinski definition) is 0. The van der Waals surface area contributed by atoms with Gasteiger partial charge >= 0.3 is 0 Å². The van der Waals surface area contributed by atoms with E-state index in [4.69, 9.17) is 23.2 Å². The number of halogens is 3. The van der Waals surface area contributed by atoms with Gasteiger partial charge in [-0.25, -0.2) is 0 Å². The van der Waals surface area contributed by atoms with E-state index in [1.807, 2.05) is 18.2 Å². The Bertz CT molecular complexity index is 552. The third-order valence-electron chi connectivity index (χ3n) is 2.86. The molecule has 94 valence electrons. The summed E-state index contributed by atoms with van der Waals surface area (Å²) >= 11 is 14.9. The van der Waals surface area contributed by atoms with E-state index in [-0.39, 0.29) is 5.38 Å². The maximum Gasteiger partial charge on any atom is 0.0636 e. The molecule has 0 fully saturated rings. The fraction of sp³-hybridized carbons (Fsp3) is 0.200. The largest absolute Gasteiger partial charge is 0.117 e. The van der Waals surface area contributed by atoms with Crippen LogP contribution in [0.25, 0.3) is 0 Å². The second-order valence-corrected chi connectivity index (χ2v) is 6.32. The lowest BCUT2D eigenvalue weighted by atomic mass is 10.0. The van der Waals surface area contributed by atoms with Gasteiger partial charge in [0.05, 0.1) is 5.38 Å². The normalized spacial score (nSPS) is 12.4. The van der Waals surface area contributed by atoms with Crippen molar-refractivity contribution in [2.45, 2.75) is 18.7 Å². The molecule has 0 aliphatic heterocycles. The SMILES string of the molecule is Cc1cccc(C(Cl)Cc2cccc(Cl)c2)c1I. The summed E-state index contributed by atoms with van der Waals surface area (Å²) in [5, 5.41) is 0.741. The summed E-state index contributed by atoms with van der Waals surface area (Å²) in [5.41, 5.74) is 3.63. The Morgan fingerprint density at radius 3 is 2.61 bits per heavy atom. The van der Waals surface area contributed by atoms with Crippen molar-refractivity contribution in [2.75, 3.05) is 0 Å². The third-order valence-corrected chi connectivity index (χ3v) is 4.96. The molecule has 1 unspecified atom stereocenters. The summed E-state index contributed by atoms with van der Waals surface area (Å²) in [7, 11) is 0. The van der Waals surface area contributed by atoms with Crippen LogP contribution >= 0.6 is 45.8 Å². The Hall–Kier alpha value is -0.250. The van der Waals surface area contributed by atoms with Gasteiger partial charge in [-0.15, -0.1) is 11.6 Å². The van der Waals surface area contributed by atoms with Gasteiger partial charge in [-0.1, -0.05) is 41.9 Å². The van der Waals surface area contributed by atoms with Gasteiger partial charge in [-0.05, 0) is 64.8 Å². The summed E-state index contributed by atoms with van der Waals surface area (Å²) in [4.78, 5) is 0. The molecule has 2 aromatic rings. The van der Waals surface area contributed by atoms with E-state index in [1.165, 1.54) is 20.3 Å². The van der Waals surface area contributed by atoms with E-state index in [0.717, 1.165) is 11.4 Å². The quantitative estimate of drug-likeness (QED) is 0.460. The van der Waals surface area contributed by atoms with Crippen LogP contribution in [0, 0.1) is 10.5 Å². The van der Waals surface area contributed by atoms with Crippen molar-refractivity contribution in [3.8, 4) is 0 Å². The van der Waals surface area contributed by atoms with Gasteiger partial charge in [0.25, 0.3) is 0 Å². The van der Waals surface area contributed by atoms with Gasteiger partial charge in [0.2, 0.25) is 0 Å². The van der Waals surface area contributed by atoms with E-state index in [9.17, 15) is 0 Å². The predicted octanol–water partition coefficient (Wildman–Crippen LogP) is 5.78. The smallest absolute Gasteiger partial charge is 0.0636 e. The molecule has 0 bridgehead atoms. The number of hydrogen-bond donors (Lipinski definition) is 0. The van der Waals surface area contributed by atoms with Crippen LogP contribution in [0.1, 0.15) is 22.1 Å². The van der Waals surface area contributed by atoms with Crippen LogP contribution in [0.5, 0.6) is 0 Å². The second-order valence-electron chi connectivity index (χ2n) is 4.28. The lowest BCUT2D eigenvalue weighted by Crippen LogP contribution is -1.99. The Labute approximate surface area is 131 Å². The van der Waals surface area contributed by atoms with E-state index >= 15 is 0 Å². The highest BCUT2D eigenvalue weighted by Gasteiger charge is 2.13. The molecule has 2 rings (SSSR count). The van der Waals surface area contributed by atoms with Gasteiger partial charge in [-0.3, -0.25) is 0 Å². The highest BCUT2D eigenvalue weighted by molar-refractivity contribution is 14.1. The monoisotopic (exact) mass is 390 g/mol. The molecule has 0 saturated carbocycles. The van der Waals surface area contributed by atoms with E-state index in [1.54, 1.807) is 0 Å². The van der Waals surface area contributed by atoms with Crippen LogP contribution in [-0.4, -0.2) is 0 Å². The fourth-order valence-corrected chi connectivity index (χ4v) is 3.39. The van der Waals surface area contributed by atoms with Crippen molar-refractivity contribution in [2.24, 2.45) is 0 Å². The summed E-state index contributed by atoms with van der Waals surface area (Å²) in [6, 6.07) is 14.1. The molecule has 0 spiro atoms. The Morgan fingerprint density at radius 1 is 1.17 bits per heavy atom. The minimum Gasteiger partial charge on any atom is -0.117 e. The zero-order chi connectivity index (χ0) is 13.1. The number of rotatable bonds is 3. The van der Waals surface area contributed by atoms with Crippen LogP contribution < -0.4 is 0 Å². The van der Waals surface area contributed by atoms with Gasteiger partial charge in [-0.2, -0.15) is 0 Å². The third kappa shape index (κ3) is 3.40. The maximum absolute atomic E-state index is 6.52. The standard InChI is InChI=1S/C15H13Cl2I/c1-10-4-2-7-13(15(10)18)14(17)9-11-5-3-6-12(16)8-11/h2-8,14H,9H2,1H3. The highest BCUT2D eigenvalue weighted by Crippen LogP contribution is 2.30. The summed E-state index contributed by atoms with van der Waals surface area (Å²) < 4.78 is 1.25. The minimum absolute atomic E-state index is 0.0183. The first-order valence-corrected chi connectivity index (χ1v) is 7.61. The molecule has 0 radical (unpaired) electrons. The first kappa shape index (κ1) is 14.2. The highest BCUT2D eigenvalue weighted by atomic mass is 127. The average Bonchev–Trinajstić information content (AvgIpc) is 2.32. The van der Waals surface area contributed by atoms with Gasteiger partial charge in [0.15, 0.2) is 0 Å². The van der Waals surface area contributed by atoms with Crippen LogP contribution in [0.2, 0.25) is 5.02 Å². The van der Waals surface area contributed by atoms with E-state index < -0.39 is 0 Å². The summed E-state index contributed by atoms with van der Waals surface area (Å²) in [5.74, 6) is 0. The van der Waals surface area contributed by atoms with Crippen LogP contribution in [0.3, 0.4) is 0 Å². The summed E-state index contributed by atoms with van der Waals surface area (Å²) in [6.07, 6.45) is 0.793. The molecule has 18 heavy (non-hydrogen) atoms. The van der Waals surface area contributed by atoms with Crippen LogP contribution in [-0.2, 0) is 6.42 Å². The maximum atomic E-state index is 6.52. The first-order valence-electron chi connectivity index (χ1n) is 5.71.